The maximum Gasteiger partial charge on any atom is 0.232 e. The lowest BCUT2D eigenvalue weighted by Crippen LogP contribution is -2.34. The average molecular weight is 330 g/mol. The van der Waals surface area contributed by atoms with Crippen molar-refractivity contribution in [2.24, 2.45) is 5.73 Å². The van der Waals surface area contributed by atoms with Gasteiger partial charge in [0.15, 0.2) is 16.6 Å². The highest BCUT2D eigenvalue weighted by molar-refractivity contribution is 7.13. The Morgan fingerprint density at radius 2 is 2.09 bits per heavy atom. The van der Waals surface area contributed by atoms with Gasteiger partial charge >= 0.3 is 0 Å². The van der Waals surface area contributed by atoms with Crippen LogP contribution in [-0.4, -0.2) is 15.1 Å². The van der Waals surface area contributed by atoms with Crippen LogP contribution in [0, 0.1) is 6.92 Å². The summed E-state index contributed by atoms with van der Waals surface area (Å²) in [6, 6.07) is 3.87. The van der Waals surface area contributed by atoms with Crippen LogP contribution in [-0.2, 0) is 12.0 Å². The van der Waals surface area contributed by atoms with Gasteiger partial charge in [-0.3, -0.25) is 0 Å². The molecule has 1 saturated carbocycles. The van der Waals surface area contributed by atoms with Crippen molar-refractivity contribution in [3.05, 3.63) is 40.7 Å². The molecule has 2 N–H and O–H groups in total. The highest BCUT2D eigenvalue weighted by atomic mass is 32.1. The molecule has 0 spiro atoms. The fraction of sp³-hybridized carbons (Fsp3) is 0.438. The molecule has 0 amide bonds. The molecule has 0 radical (unpaired) electrons. The zero-order chi connectivity index (χ0) is 15.9. The third kappa shape index (κ3) is 2.82. The van der Waals surface area contributed by atoms with Crippen LogP contribution in [0.25, 0.3) is 10.8 Å². The Hall–Kier alpha value is -1.99. The lowest BCUT2D eigenvalue weighted by atomic mass is 9.99. The molecule has 0 aliphatic heterocycles. The first-order chi connectivity index (χ1) is 11.1. The summed E-state index contributed by atoms with van der Waals surface area (Å²) in [5.74, 6) is 2.85. The maximum absolute atomic E-state index is 6.36. The molecule has 0 atom stereocenters. The minimum absolute atomic E-state index is 0.416. The molecule has 1 aliphatic carbocycles. The summed E-state index contributed by atoms with van der Waals surface area (Å²) in [7, 11) is 0. The van der Waals surface area contributed by atoms with Gasteiger partial charge in [0.2, 0.25) is 5.89 Å². The topological polar surface area (TPSA) is 91.0 Å². The number of aryl methyl sites for hydroxylation is 1. The van der Waals surface area contributed by atoms with Crippen molar-refractivity contribution >= 4 is 11.3 Å². The molecule has 3 heterocycles. The SMILES string of the molecule is Cc1ccc(-c2nc(Cc3nc(C4(N)CCCC4)no3)cs2)o1. The van der Waals surface area contributed by atoms with Crippen LogP contribution in [0.15, 0.2) is 26.5 Å². The van der Waals surface area contributed by atoms with E-state index in [2.05, 4.69) is 15.1 Å². The second-order valence-electron chi connectivity index (χ2n) is 6.11. The van der Waals surface area contributed by atoms with Crippen LogP contribution in [0.4, 0.5) is 0 Å². The third-order valence-corrected chi connectivity index (χ3v) is 5.15. The highest BCUT2D eigenvalue weighted by Crippen LogP contribution is 2.34. The normalized spacial score (nSPS) is 17.0. The Bertz CT molecular complexity index is 814. The first-order valence-electron chi connectivity index (χ1n) is 7.76. The number of furan rings is 1. The summed E-state index contributed by atoms with van der Waals surface area (Å²) in [6.45, 7) is 1.92. The maximum atomic E-state index is 6.36. The Morgan fingerprint density at radius 3 is 2.83 bits per heavy atom. The van der Waals surface area contributed by atoms with Crippen LogP contribution in [0.2, 0.25) is 0 Å². The van der Waals surface area contributed by atoms with Crippen LogP contribution < -0.4 is 5.73 Å². The quantitative estimate of drug-likeness (QED) is 0.788. The van der Waals surface area contributed by atoms with Gasteiger partial charge in [-0.25, -0.2) is 4.98 Å². The smallest absolute Gasteiger partial charge is 0.232 e. The first-order valence-corrected chi connectivity index (χ1v) is 8.63. The van der Waals surface area contributed by atoms with Crippen molar-refractivity contribution in [2.75, 3.05) is 0 Å². The second kappa shape index (κ2) is 5.58. The minimum atomic E-state index is -0.416. The van der Waals surface area contributed by atoms with Gasteiger partial charge in [-0.05, 0) is 31.9 Å². The molecule has 0 aromatic carbocycles. The molecular formula is C16H18N4O2S. The molecule has 3 aromatic heterocycles. The molecule has 0 unspecified atom stereocenters. The van der Waals surface area contributed by atoms with Gasteiger partial charge in [-0.1, -0.05) is 18.0 Å². The Labute approximate surface area is 137 Å². The van der Waals surface area contributed by atoms with E-state index in [-0.39, 0.29) is 0 Å². The predicted molar refractivity (Wildman–Crippen MR) is 86.0 cm³/mol. The summed E-state index contributed by atoms with van der Waals surface area (Å²) in [5.41, 5.74) is 6.84. The molecular weight excluding hydrogens is 312 g/mol. The average Bonchev–Trinajstić information content (AvgIpc) is 3.27. The van der Waals surface area contributed by atoms with Gasteiger partial charge < -0.3 is 14.7 Å². The zero-order valence-corrected chi connectivity index (χ0v) is 13.7. The van der Waals surface area contributed by atoms with E-state index in [0.717, 1.165) is 47.9 Å². The second-order valence-corrected chi connectivity index (χ2v) is 6.96. The van der Waals surface area contributed by atoms with Crippen LogP contribution >= 0.6 is 11.3 Å². The monoisotopic (exact) mass is 330 g/mol. The fourth-order valence-corrected chi connectivity index (χ4v) is 3.74. The van der Waals surface area contributed by atoms with Gasteiger partial charge in [-0.15, -0.1) is 11.3 Å². The standard InChI is InChI=1S/C16H18N4O2S/c1-10-4-5-12(21-10)14-18-11(9-23-14)8-13-19-15(20-22-13)16(17)6-2-3-7-16/h4-5,9H,2-3,6-8,17H2,1H3. The van der Waals surface area contributed by atoms with Crippen molar-refractivity contribution in [3.8, 4) is 10.8 Å². The minimum Gasteiger partial charge on any atom is -0.459 e. The van der Waals surface area contributed by atoms with E-state index in [0.29, 0.717) is 18.1 Å². The van der Waals surface area contributed by atoms with Crippen molar-refractivity contribution in [1.82, 2.24) is 15.1 Å². The van der Waals surface area contributed by atoms with E-state index in [1.54, 1.807) is 11.3 Å². The Balaban J connectivity index is 1.51. The number of nitrogens with two attached hydrogens (primary N) is 1. The van der Waals surface area contributed by atoms with Crippen LogP contribution in [0.3, 0.4) is 0 Å². The van der Waals surface area contributed by atoms with E-state index in [1.807, 2.05) is 24.4 Å². The number of thiazole rings is 1. The predicted octanol–water partition coefficient (Wildman–Crippen LogP) is 3.41. The van der Waals surface area contributed by atoms with Gasteiger partial charge in [0.25, 0.3) is 0 Å². The van der Waals surface area contributed by atoms with Crippen LogP contribution in [0.5, 0.6) is 0 Å². The van der Waals surface area contributed by atoms with E-state index >= 15 is 0 Å². The molecule has 3 aromatic rings. The molecule has 7 heteroatoms. The Morgan fingerprint density at radius 1 is 1.26 bits per heavy atom. The van der Waals surface area contributed by atoms with Crippen molar-refractivity contribution < 1.29 is 8.94 Å². The molecule has 0 saturated heterocycles. The number of rotatable bonds is 4. The van der Waals surface area contributed by atoms with E-state index in [4.69, 9.17) is 14.7 Å². The molecule has 6 nitrogen and oxygen atoms in total. The summed E-state index contributed by atoms with van der Waals surface area (Å²) in [4.78, 5) is 9.06. The van der Waals surface area contributed by atoms with Gasteiger partial charge in [0.05, 0.1) is 17.7 Å². The number of hydrogen-bond donors (Lipinski definition) is 1. The van der Waals surface area contributed by atoms with Crippen molar-refractivity contribution in [2.45, 2.75) is 44.6 Å². The summed E-state index contributed by atoms with van der Waals surface area (Å²) in [6.07, 6.45) is 4.60. The van der Waals surface area contributed by atoms with Gasteiger partial charge in [0, 0.05) is 5.38 Å². The summed E-state index contributed by atoms with van der Waals surface area (Å²) >= 11 is 1.55. The molecule has 1 fully saturated rings. The lowest BCUT2D eigenvalue weighted by molar-refractivity contribution is 0.352. The molecule has 0 bridgehead atoms. The fourth-order valence-electron chi connectivity index (χ4n) is 2.96. The Kier molecular flexibility index (Phi) is 3.54. The highest BCUT2D eigenvalue weighted by Gasteiger charge is 2.35. The zero-order valence-electron chi connectivity index (χ0n) is 12.9. The molecule has 1 aliphatic rings. The van der Waals surface area contributed by atoms with Crippen LogP contribution in [0.1, 0.15) is 48.9 Å². The largest absolute Gasteiger partial charge is 0.459 e. The third-order valence-electron chi connectivity index (χ3n) is 4.24. The first kappa shape index (κ1) is 14.6. The molecule has 120 valence electrons. The van der Waals surface area contributed by atoms with Crippen molar-refractivity contribution in [1.29, 1.82) is 0 Å². The van der Waals surface area contributed by atoms with E-state index < -0.39 is 5.54 Å². The van der Waals surface area contributed by atoms with E-state index in [1.165, 1.54) is 0 Å². The number of hydrogen-bond acceptors (Lipinski definition) is 7. The van der Waals surface area contributed by atoms with Gasteiger partial charge in [-0.2, -0.15) is 4.98 Å². The van der Waals surface area contributed by atoms with E-state index in [9.17, 15) is 0 Å². The molecule has 4 rings (SSSR count). The summed E-state index contributed by atoms with van der Waals surface area (Å²) < 4.78 is 11.0. The van der Waals surface area contributed by atoms with Gasteiger partial charge in [0.1, 0.15) is 5.76 Å². The van der Waals surface area contributed by atoms with Crippen molar-refractivity contribution in [3.63, 3.8) is 0 Å². The molecule has 23 heavy (non-hydrogen) atoms. The number of nitrogens with zero attached hydrogens (tertiary/aromatic N) is 3. The summed E-state index contributed by atoms with van der Waals surface area (Å²) in [5, 5.41) is 6.93. The lowest BCUT2D eigenvalue weighted by Gasteiger charge is -2.17. The number of aromatic nitrogens is 3.